The Morgan fingerprint density at radius 3 is 2.44 bits per heavy atom. The molecule has 0 aliphatic carbocycles. The minimum atomic E-state index is -0.142. The molecule has 0 saturated heterocycles. The minimum absolute atomic E-state index is 0.142. The Balaban J connectivity index is 1.77. The average Bonchev–Trinajstić information content (AvgIpc) is 2.73. The van der Waals surface area contributed by atoms with Crippen LogP contribution in [0.3, 0.4) is 0 Å². The SMILES string of the molecule is N=C(c1cccc(SN)c1)c1cc(CNC(=O)c2ccccc2)ccc1N. The van der Waals surface area contributed by atoms with E-state index in [4.69, 9.17) is 16.3 Å². The third-order valence-electron chi connectivity index (χ3n) is 4.13. The van der Waals surface area contributed by atoms with Crippen molar-refractivity contribution >= 4 is 29.3 Å². The van der Waals surface area contributed by atoms with Crippen LogP contribution in [0, 0.1) is 5.41 Å². The second-order valence-corrected chi connectivity index (χ2v) is 6.70. The summed E-state index contributed by atoms with van der Waals surface area (Å²) >= 11 is 1.14. The Morgan fingerprint density at radius 2 is 1.70 bits per heavy atom. The van der Waals surface area contributed by atoms with Crippen LogP contribution in [0.2, 0.25) is 0 Å². The maximum atomic E-state index is 12.2. The zero-order valence-electron chi connectivity index (χ0n) is 14.6. The molecule has 27 heavy (non-hydrogen) atoms. The van der Waals surface area contributed by atoms with Gasteiger partial charge in [-0.25, -0.2) is 0 Å². The highest BCUT2D eigenvalue weighted by Crippen LogP contribution is 2.21. The molecule has 6 heteroatoms. The lowest BCUT2D eigenvalue weighted by Crippen LogP contribution is -2.22. The van der Waals surface area contributed by atoms with Crippen molar-refractivity contribution in [3.8, 4) is 0 Å². The number of nitrogens with one attached hydrogen (secondary N) is 2. The molecule has 0 atom stereocenters. The summed E-state index contributed by atoms with van der Waals surface area (Å²) in [5.74, 6) is -0.142. The van der Waals surface area contributed by atoms with Gasteiger partial charge in [-0.15, -0.1) is 0 Å². The molecular weight excluding hydrogens is 356 g/mol. The summed E-state index contributed by atoms with van der Waals surface area (Å²) in [7, 11) is 0. The van der Waals surface area contributed by atoms with E-state index in [9.17, 15) is 4.79 Å². The van der Waals surface area contributed by atoms with Gasteiger partial charge < -0.3 is 11.1 Å². The average molecular weight is 376 g/mol. The van der Waals surface area contributed by atoms with Gasteiger partial charge in [0.25, 0.3) is 5.91 Å². The predicted octanol–water partition coefficient (Wildman–Crippen LogP) is 3.58. The molecule has 0 aliphatic rings. The van der Waals surface area contributed by atoms with E-state index in [1.807, 2.05) is 54.6 Å². The first-order valence-corrected chi connectivity index (χ1v) is 9.24. The molecule has 0 heterocycles. The van der Waals surface area contributed by atoms with Crippen LogP contribution >= 0.6 is 11.9 Å². The molecule has 0 unspecified atom stereocenters. The summed E-state index contributed by atoms with van der Waals surface area (Å²) in [6.45, 7) is 0.354. The van der Waals surface area contributed by atoms with Gasteiger partial charge in [0.1, 0.15) is 0 Å². The number of nitrogens with two attached hydrogens (primary N) is 2. The van der Waals surface area contributed by atoms with Crippen LogP contribution in [0.1, 0.15) is 27.0 Å². The lowest BCUT2D eigenvalue weighted by Gasteiger charge is -2.12. The van der Waals surface area contributed by atoms with Crippen molar-refractivity contribution in [1.29, 1.82) is 5.41 Å². The Bertz CT molecular complexity index is 973. The molecule has 3 rings (SSSR count). The highest BCUT2D eigenvalue weighted by molar-refractivity contribution is 7.97. The maximum Gasteiger partial charge on any atom is 0.251 e. The monoisotopic (exact) mass is 376 g/mol. The van der Waals surface area contributed by atoms with Crippen LogP contribution in [-0.2, 0) is 6.54 Å². The Kier molecular flexibility index (Phi) is 5.90. The molecule has 0 radical (unpaired) electrons. The van der Waals surface area contributed by atoms with Crippen molar-refractivity contribution in [3.05, 3.63) is 95.1 Å². The number of anilines is 1. The van der Waals surface area contributed by atoms with Crippen molar-refractivity contribution in [1.82, 2.24) is 5.32 Å². The van der Waals surface area contributed by atoms with E-state index < -0.39 is 0 Å². The van der Waals surface area contributed by atoms with Crippen molar-refractivity contribution in [2.24, 2.45) is 5.14 Å². The molecule has 0 bridgehead atoms. The standard InChI is InChI=1S/C21H20N4OS/c22-19-10-9-14(13-25-21(26)15-5-2-1-3-6-15)11-18(19)20(23)16-7-4-8-17(12-16)27-24/h1-12,23H,13,22,24H2,(H,25,26). The summed E-state index contributed by atoms with van der Waals surface area (Å²) in [5.41, 5.74) is 9.77. The lowest BCUT2D eigenvalue weighted by molar-refractivity contribution is 0.0951. The number of carbonyl (C=O) groups is 1. The fourth-order valence-electron chi connectivity index (χ4n) is 2.68. The summed E-state index contributed by atoms with van der Waals surface area (Å²) in [6.07, 6.45) is 0. The molecule has 136 valence electrons. The largest absolute Gasteiger partial charge is 0.398 e. The molecule has 0 aliphatic heterocycles. The minimum Gasteiger partial charge on any atom is -0.398 e. The summed E-state index contributed by atoms with van der Waals surface area (Å²) in [5, 5.41) is 17.0. The smallest absolute Gasteiger partial charge is 0.251 e. The number of hydrogen-bond donors (Lipinski definition) is 4. The van der Waals surface area contributed by atoms with Crippen molar-refractivity contribution in [2.75, 3.05) is 5.73 Å². The maximum absolute atomic E-state index is 12.2. The van der Waals surface area contributed by atoms with Crippen LogP contribution in [0.15, 0.2) is 77.7 Å². The van der Waals surface area contributed by atoms with Crippen LogP contribution < -0.4 is 16.2 Å². The Hall–Kier alpha value is -3.09. The van der Waals surface area contributed by atoms with Gasteiger partial charge in [-0.1, -0.05) is 36.4 Å². The zero-order chi connectivity index (χ0) is 19.2. The van der Waals surface area contributed by atoms with Crippen molar-refractivity contribution in [3.63, 3.8) is 0 Å². The third-order valence-corrected chi connectivity index (χ3v) is 4.66. The van der Waals surface area contributed by atoms with Gasteiger partial charge in [-0.3, -0.25) is 15.3 Å². The van der Waals surface area contributed by atoms with Crippen LogP contribution in [0.4, 0.5) is 5.69 Å². The second-order valence-electron chi connectivity index (χ2n) is 5.99. The van der Waals surface area contributed by atoms with Crippen molar-refractivity contribution in [2.45, 2.75) is 11.4 Å². The van der Waals surface area contributed by atoms with Crippen LogP contribution in [0.25, 0.3) is 0 Å². The zero-order valence-corrected chi connectivity index (χ0v) is 15.4. The summed E-state index contributed by atoms with van der Waals surface area (Å²) < 4.78 is 0. The second kappa shape index (κ2) is 8.53. The topological polar surface area (TPSA) is 105 Å². The summed E-state index contributed by atoms with van der Waals surface area (Å²) in [4.78, 5) is 13.1. The fourth-order valence-corrected chi connectivity index (χ4v) is 3.04. The number of carbonyl (C=O) groups excluding carboxylic acids is 1. The number of rotatable bonds is 6. The molecule has 0 fully saturated rings. The van der Waals surface area contributed by atoms with Crippen LogP contribution in [0.5, 0.6) is 0 Å². The number of nitrogen functional groups attached to an aromatic ring is 1. The number of benzene rings is 3. The molecular formula is C21H20N4OS. The molecule has 6 N–H and O–H groups in total. The highest BCUT2D eigenvalue weighted by Gasteiger charge is 2.11. The van der Waals surface area contributed by atoms with Gasteiger partial charge in [0, 0.05) is 33.8 Å². The quantitative estimate of drug-likeness (QED) is 0.300. The van der Waals surface area contributed by atoms with E-state index >= 15 is 0 Å². The van der Waals surface area contributed by atoms with Gasteiger partial charge >= 0.3 is 0 Å². The first kappa shape index (κ1) is 18.7. The lowest BCUT2D eigenvalue weighted by atomic mass is 9.99. The van der Waals surface area contributed by atoms with Crippen LogP contribution in [-0.4, -0.2) is 11.6 Å². The third kappa shape index (κ3) is 4.55. The van der Waals surface area contributed by atoms with E-state index in [0.717, 1.165) is 28.0 Å². The normalized spacial score (nSPS) is 10.4. The molecule has 5 nitrogen and oxygen atoms in total. The van der Waals surface area contributed by atoms with Gasteiger partial charge in [-0.2, -0.15) is 0 Å². The number of amides is 1. The molecule has 3 aromatic rings. The van der Waals surface area contributed by atoms with Gasteiger partial charge in [0.05, 0.1) is 5.71 Å². The first-order chi connectivity index (χ1) is 13.1. The molecule has 0 saturated carbocycles. The van der Waals surface area contributed by atoms with E-state index in [-0.39, 0.29) is 5.91 Å². The first-order valence-electron chi connectivity index (χ1n) is 8.36. The summed E-state index contributed by atoms with van der Waals surface area (Å²) in [6, 6.07) is 22.0. The molecule has 3 aromatic carbocycles. The predicted molar refractivity (Wildman–Crippen MR) is 111 cm³/mol. The van der Waals surface area contributed by atoms with E-state index in [0.29, 0.717) is 29.1 Å². The van der Waals surface area contributed by atoms with Gasteiger partial charge in [0.15, 0.2) is 0 Å². The van der Waals surface area contributed by atoms with Gasteiger partial charge in [0.2, 0.25) is 0 Å². The Morgan fingerprint density at radius 1 is 0.963 bits per heavy atom. The molecule has 0 aromatic heterocycles. The van der Waals surface area contributed by atoms with E-state index in [1.165, 1.54) is 0 Å². The number of hydrogen-bond acceptors (Lipinski definition) is 5. The van der Waals surface area contributed by atoms with E-state index in [1.54, 1.807) is 18.2 Å². The van der Waals surface area contributed by atoms with E-state index in [2.05, 4.69) is 5.32 Å². The molecule has 0 spiro atoms. The molecule has 1 amide bonds. The van der Waals surface area contributed by atoms with Gasteiger partial charge in [-0.05, 0) is 53.9 Å². The fraction of sp³-hybridized carbons (Fsp3) is 0.0476. The van der Waals surface area contributed by atoms with Crippen molar-refractivity contribution < 1.29 is 4.79 Å². The Labute approximate surface area is 162 Å². The highest BCUT2D eigenvalue weighted by atomic mass is 32.2.